The summed E-state index contributed by atoms with van der Waals surface area (Å²) in [5.74, 6) is 0.0271. The van der Waals surface area contributed by atoms with Gasteiger partial charge >= 0.3 is 0 Å². The highest BCUT2D eigenvalue weighted by Crippen LogP contribution is 2.29. The Kier molecular flexibility index (Phi) is 6.22. The Labute approximate surface area is 166 Å². The minimum absolute atomic E-state index is 0.0271. The van der Waals surface area contributed by atoms with Crippen LogP contribution in [0.5, 0.6) is 0 Å². The summed E-state index contributed by atoms with van der Waals surface area (Å²) in [6.45, 7) is 4.60. The van der Waals surface area contributed by atoms with E-state index >= 15 is 0 Å². The number of hydrogen-bond donors (Lipinski definition) is 1. The molecule has 0 aliphatic heterocycles. The van der Waals surface area contributed by atoms with Gasteiger partial charge in [-0.05, 0) is 18.9 Å². The van der Waals surface area contributed by atoms with Crippen LogP contribution in [0, 0.1) is 6.92 Å². The number of nitrogens with one attached hydrogen (secondary N) is 1. The van der Waals surface area contributed by atoms with E-state index in [2.05, 4.69) is 69.9 Å². The largest absolute Gasteiger partial charge is 0.351 e. The lowest BCUT2D eigenvalue weighted by molar-refractivity contribution is -0.120. The molecular formula is C21H21BrN2OS. The molecule has 1 N–H and O–H groups in total. The van der Waals surface area contributed by atoms with Crippen molar-refractivity contribution in [2.45, 2.75) is 31.6 Å². The van der Waals surface area contributed by atoms with Crippen molar-refractivity contribution in [1.82, 2.24) is 10.3 Å². The number of carbonyl (C=O) groups excluding carboxylic acids is 1. The lowest BCUT2D eigenvalue weighted by Gasteiger charge is -2.09. The third kappa shape index (κ3) is 4.59. The van der Waals surface area contributed by atoms with Crippen LogP contribution in [0.2, 0.25) is 0 Å². The number of amides is 1. The molecule has 0 saturated carbocycles. The minimum atomic E-state index is -0.128. The minimum Gasteiger partial charge on any atom is -0.351 e. The zero-order chi connectivity index (χ0) is 18.5. The summed E-state index contributed by atoms with van der Waals surface area (Å²) in [6.07, 6.45) is 0.776. The first kappa shape index (κ1) is 18.8. The van der Waals surface area contributed by atoms with Crippen LogP contribution in [-0.2, 0) is 11.3 Å². The molecule has 1 atom stereocenters. The summed E-state index contributed by atoms with van der Waals surface area (Å²) in [5.41, 5.74) is 5.56. The molecule has 0 aliphatic carbocycles. The molecule has 3 nitrogen and oxygen atoms in total. The lowest BCUT2D eigenvalue weighted by atomic mass is 10.1. The third-order valence-corrected chi connectivity index (χ3v) is 6.12. The van der Waals surface area contributed by atoms with Crippen LogP contribution < -0.4 is 5.32 Å². The summed E-state index contributed by atoms with van der Waals surface area (Å²) in [7, 11) is 0. The van der Waals surface area contributed by atoms with E-state index in [4.69, 9.17) is 4.98 Å². The standard InChI is InChI=1S/C21H21BrN2OS/c1-3-18(22)20(25)23-12-15-6-10-17(11-7-15)21-24-19(13-26-21)16-8-4-14(2)5-9-16/h4-11,13,18H,3,12H2,1-2H3,(H,23,25). The van der Waals surface area contributed by atoms with Gasteiger partial charge in [0.1, 0.15) is 5.01 Å². The molecule has 1 heterocycles. The van der Waals surface area contributed by atoms with Gasteiger partial charge < -0.3 is 5.32 Å². The first-order valence-electron chi connectivity index (χ1n) is 8.60. The molecule has 0 fully saturated rings. The Hall–Kier alpha value is -1.98. The second-order valence-electron chi connectivity index (χ2n) is 6.19. The molecule has 0 spiro atoms. The fourth-order valence-corrected chi connectivity index (χ4v) is 3.51. The van der Waals surface area contributed by atoms with Crippen molar-refractivity contribution in [3.05, 3.63) is 65.0 Å². The molecule has 1 amide bonds. The molecule has 2 aromatic carbocycles. The van der Waals surface area contributed by atoms with E-state index in [1.807, 2.05) is 19.1 Å². The fourth-order valence-electron chi connectivity index (χ4n) is 2.51. The van der Waals surface area contributed by atoms with E-state index in [0.717, 1.165) is 33.8 Å². The number of nitrogens with zero attached hydrogens (tertiary/aromatic N) is 1. The fraction of sp³-hybridized carbons (Fsp3) is 0.238. The monoisotopic (exact) mass is 428 g/mol. The molecule has 3 aromatic rings. The molecule has 134 valence electrons. The van der Waals surface area contributed by atoms with Gasteiger partial charge in [0.15, 0.2) is 0 Å². The number of rotatable bonds is 6. The van der Waals surface area contributed by atoms with Crippen LogP contribution in [0.4, 0.5) is 0 Å². The van der Waals surface area contributed by atoms with E-state index in [1.54, 1.807) is 11.3 Å². The van der Waals surface area contributed by atoms with E-state index in [-0.39, 0.29) is 10.7 Å². The van der Waals surface area contributed by atoms with Crippen LogP contribution >= 0.6 is 27.3 Å². The molecule has 26 heavy (non-hydrogen) atoms. The Morgan fingerprint density at radius 1 is 1.12 bits per heavy atom. The smallest absolute Gasteiger partial charge is 0.234 e. The van der Waals surface area contributed by atoms with E-state index in [0.29, 0.717) is 6.54 Å². The SMILES string of the molecule is CCC(Br)C(=O)NCc1ccc(-c2nc(-c3ccc(C)cc3)cs2)cc1. The molecule has 0 aliphatic rings. The highest BCUT2D eigenvalue weighted by Gasteiger charge is 2.11. The number of thiazole rings is 1. The van der Waals surface area contributed by atoms with E-state index < -0.39 is 0 Å². The van der Waals surface area contributed by atoms with Gasteiger partial charge in [-0.1, -0.05) is 76.9 Å². The van der Waals surface area contributed by atoms with Crippen LogP contribution in [0.25, 0.3) is 21.8 Å². The van der Waals surface area contributed by atoms with Gasteiger partial charge in [-0.15, -0.1) is 11.3 Å². The molecule has 0 bridgehead atoms. The topological polar surface area (TPSA) is 42.0 Å². The van der Waals surface area contributed by atoms with Gasteiger partial charge in [-0.25, -0.2) is 4.98 Å². The first-order valence-corrected chi connectivity index (χ1v) is 10.4. The Bertz CT molecular complexity index is 872. The maximum atomic E-state index is 11.8. The van der Waals surface area contributed by atoms with Crippen LogP contribution in [0.3, 0.4) is 0 Å². The number of aryl methyl sites for hydroxylation is 1. The molecule has 5 heteroatoms. The molecule has 1 unspecified atom stereocenters. The molecule has 3 rings (SSSR count). The zero-order valence-corrected chi connectivity index (χ0v) is 17.2. The number of halogens is 1. The van der Waals surface area contributed by atoms with Crippen molar-refractivity contribution in [2.75, 3.05) is 0 Å². The normalized spacial score (nSPS) is 12.0. The predicted molar refractivity (Wildman–Crippen MR) is 113 cm³/mol. The van der Waals surface area contributed by atoms with Crippen molar-refractivity contribution >= 4 is 33.2 Å². The number of aromatic nitrogens is 1. The van der Waals surface area contributed by atoms with Gasteiger partial charge in [0.25, 0.3) is 0 Å². The average molecular weight is 429 g/mol. The van der Waals surface area contributed by atoms with Gasteiger partial charge in [0, 0.05) is 23.1 Å². The van der Waals surface area contributed by atoms with Crippen LogP contribution in [0.1, 0.15) is 24.5 Å². The second kappa shape index (κ2) is 8.60. The van der Waals surface area contributed by atoms with E-state index in [9.17, 15) is 4.79 Å². The highest BCUT2D eigenvalue weighted by molar-refractivity contribution is 9.10. The third-order valence-electron chi connectivity index (χ3n) is 4.16. The molecule has 1 aromatic heterocycles. The average Bonchev–Trinajstić information content (AvgIpc) is 3.16. The number of benzene rings is 2. The molecular weight excluding hydrogens is 408 g/mol. The quantitative estimate of drug-likeness (QED) is 0.520. The number of hydrogen-bond acceptors (Lipinski definition) is 3. The molecule has 0 radical (unpaired) electrons. The maximum absolute atomic E-state index is 11.8. The summed E-state index contributed by atoms with van der Waals surface area (Å²) in [6, 6.07) is 16.6. The second-order valence-corrected chi connectivity index (χ2v) is 8.16. The summed E-state index contributed by atoms with van der Waals surface area (Å²) in [4.78, 5) is 16.5. The van der Waals surface area contributed by atoms with Crippen LogP contribution in [0.15, 0.2) is 53.9 Å². The maximum Gasteiger partial charge on any atom is 0.234 e. The summed E-state index contributed by atoms with van der Waals surface area (Å²) < 4.78 is 0. The molecule has 0 saturated heterocycles. The van der Waals surface area contributed by atoms with Gasteiger partial charge in [-0.3, -0.25) is 4.79 Å². The number of carbonyl (C=O) groups is 1. The predicted octanol–water partition coefficient (Wildman–Crippen LogP) is 5.58. The van der Waals surface area contributed by atoms with Gasteiger partial charge in [0.05, 0.1) is 10.5 Å². The van der Waals surface area contributed by atoms with Crippen molar-refractivity contribution < 1.29 is 4.79 Å². The summed E-state index contributed by atoms with van der Waals surface area (Å²) >= 11 is 5.01. The Balaban J connectivity index is 1.67. The first-order chi connectivity index (χ1) is 12.6. The van der Waals surface area contributed by atoms with Gasteiger partial charge in [0.2, 0.25) is 5.91 Å². The van der Waals surface area contributed by atoms with Crippen LogP contribution in [-0.4, -0.2) is 15.7 Å². The lowest BCUT2D eigenvalue weighted by Crippen LogP contribution is -2.30. The van der Waals surface area contributed by atoms with Crippen molar-refractivity contribution in [1.29, 1.82) is 0 Å². The Morgan fingerprint density at radius 2 is 1.77 bits per heavy atom. The Morgan fingerprint density at radius 3 is 2.42 bits per heavy atom. The van der Waals surface area contributed by atoms with E-state index in [1.165, 1.54) is 5.56 Å². The number of alkyl halides is 1. The summed E-state index contributed by atoms with van der Waals surface area (Å²) in [5, 5.41) is 6.03. The van der Waals surface area contributed by atoms with Crippen molar-refractivity contribution in [3.63, 3.8) is 0 Å². The zero-order valence-electron chi connectivity index (χ0n) is 14.8. The highest BCUT2D eigenvalue weighted by atomic mass is 79.9. The van der Waals surface area contributed by atoms with Crippen molar-refractivity contribution in [2.24, 2.45) is 0 Å². The van der Waals surface area contributed by atoms with Crippen molar-refractivity contribution in [3.8, 4) is 21.8 Å². The van der Waals surface area contributed by atoms with Gasteiger partial charge in [-0.2, -0.15) is 0 Å².